The average Bonchev–Trinajstić information content (AvgIpc) is 2.34. The predicted octanol–water partition coefficient (Wildman–Crippen LogP) is 1.10. The summed E-state index contributed by atoms with van der Waals surface area (Å²) in [6.45, 7) is 7.92. The molecule has 0 aliphatic carbocycles. The normalized spacial score (nSPS) is 23.8. The van der Waals surface area contributed by atoms with Gasteiger partial charge in [-0.25, -0.2) is 0 Å². The quantitative estimate of drug-likeness (QED) is 0.650. The van der Waals surface area contributed by atoms with Gasteiger partial charge in [0.25, 0.3) is 0 Å². The summed E-state index contributed by atoms with van der Waals surface area (Å²) in [5, 5.41) is 0. The van der Waals surface area contributed by atoms with Gasteiger partial charge >= 0.3 is 0 Å². The van der Waals surface area contributed by atoms with Crippen molar-refractivity contribution >= 4 is 0 Å². The van der Waals surface area contributed by atoms with E-state index in [-0.39, 0.29) is 0 Å². The van der Waals surface area contributed by atoms with Crippen LogP contribution in [0.1, 0.15) is 26.2 Å². The molecule has 1 aliphatic heterocycles. The third kappa shape index (κ3) is 6.36. The van der Waals surface area contributed by atoms with Crippen molar-refractivity contribution in [1.82, 2.24) is 4.90 Å². The molecule has 1 heterocycles. The summed E-state index contributed by atoms with van der Waals surface area (Å²) in [5.41, 5.74) is 5.97. The van der Waals surface area contributed by atoms with Gasteiger partial charge < -0.3 is 20.1 Å². The molecule has 1 fully saturated rings. The Balaban J connectivity index is 2.02. The predicted molar refractivity (Wildman–Crippen MR) is 70.1 cm³/mol. The van der Waals surface area contributed by atoms with E-state index in [1.807, 2.05) is 0 Å². The van der Waals surface area contributed by atoms with E-state index in [4.69, 9.17) is 15.2 Å². The fourth-order valence-electron chi connectivity index (χ4n) is 2.32. The second-order valence-corrected chi connectivity index (χ2v) is 5.02. The summed E-state index contributed by atoms with van der Waals surface area (Å²) >= 11 is 0. The summed E-state index contributed by atoms with van der Waals surface area (Å²) in [6.07, 6.45) is 3.54. The van der Waals surface area contributed by atoms with Crippen LogP contribution in [-0.2, 0) is 9.47 Å². The lowest BCUT2D eigenvalue weighted by Gasteiger charge is -2.34. The van der Waals surface area contributed by atoms with E-state index in [2.05, 4.69) is 11.8 Å². The minimum Gasteiger partial charge on any atom is -0.385 e. The van der Waals surface area contributed by atoms with Crippen LogP contribution in [-0.4, -0.2) is 57.5 Å². The summed E-state index contributed by atoms with van der Waals surface area (Å²) in [5.74, 6) is 0.664. The van der Waals surface area contributed by atoms with Crippen molar-refractivity contribution in [3.05, 3.63) is 0 Å². The molecule has 0 aromatic heterocycles. The Bertz CT molecular complexity index is 188. The van der Waals surface area contributed by atoms with Crippen LogP contribution in [0.25, 0.3) is 0 Å². The number of piperidine rings is 1. The molecule has 0 aromatic rings. The maximum atomic E-state index is 5.97. The number of likely N-dealkylation sites (tertiary alicyclic amines) is 1. The van der Waals surface area contributed by atoms with E-state index in [0.717, 1.165) is 39.3 Å². The van der Waals surface area contributed by atoms with Crippen molar-refractivity contribution in [2.75, 3.05) is 46.6 Å². The van der Waals surface area contributed by atoms with Crippen LogP contribution in [0.2, 0.25) is 0 Å². The van der Waals surface area contributed by atoms with E-state index in [0.29, 0.717) is 12.0 Å². The minimum atomic E-state index is 0.320. The highest BCUT2D eigenvalue weighted by Crippen LogP contribution is 2.18. The molecule has 2 unspecified atom stereocenters. The third-order valence-corrected chi connectivity index (χ3v) is 3.47. The zero-order valence-corrected chi connectivity index (χ0v) is 11.4. The third-order valence-electron chi connectivity index (χ3n) is 3.47. The van der Waals surface area contributed by atoms with Crippen molar-refractivity contribution in [2.24, 2.45) is 11.7 Å². The van der Waals surface area contributed by atoms with Gasteiger partial charge in [0, 0.05) is 39.5 Å². The van der Waals surface area contributed by atoms with Gasteiger partial charge in [0.1, 0.15) is 0 Å². The van der Waals surface area contributed by atoms with Crippen LogP contribution in [0.15, 0.2) is 0 Å². The van der Waals surface area contributed by atoms with Crippen LogP contribution in [0.4, 0.5) is 0 Å². The molecule has 0 aromatic carbocycles. The summed E-state index contributed by atoms with van der Waals surface area (Å²) in [7, 11) is 1.72. The molecule has 4 nitrogen and oxygen atoms in total. The number of hydrogen-bond acceptors (Lipinski definition) is 4. The Hall–Kier alpha value is -0.160. The fourth-order valence-corrected chi connectivity index (χ4v) is 2.32. The highest BCUT2D eigenvalue weighted by Gasteiger charge is 2.21. The molecular weight excluding hydrogens is 216 g/mol. The lowest BCUT2D eigenvalue weighted by atomic mass is 9.92. The van der Waals surface area contributed by atoms with Crippen molar-refractivity contribution in [1.29, 1.82) is 0 Å². The Morgan fingerprint density at radius 1 is 1.35 bits per heavy atom. The molecule has 1 aliphatic rings. The molecule has 0 radical (unpaired) electrons. The monoisotopic (exact) mass is 244 g/mol. The average molecular weight is 244 g/mol. The van der Waals surface area contributed by atoms with E-state index < -0.39 is 0 Å². The smallest absolute Gasteiger partial charge is 0.0593 e. The van der Waals surface area contributed by atoms with Crippen LogP contribution in [0.3, 0.4) is 0 Å². The molecule has 1 saturated heterocycles. The zero-order valence-electron chi connectivity index (χ0n) is 11.4. The highest BCUT2D eigenvalue weighted by atomic mass is 16.5. The Labute approximate surface area is 105 Å². The molecule has 0 amide bonds. The number of nitrogens with two attached hydrogens (primary N) is 1. The van der Waals surface area contributed by atoms with Crippen molar-refractivity contribution in [3.8, 4) is 0 Å². The summed E-state index contributed by atoms with van der Waals surface area (Å²) in [6, 6.07) is 0.320. The summed E-state index contributed by atoms with van der Waals surface area (Å²) < 4.78 is 10.6. The highest BCUT2D eigenvalue weighted by molar-refractivity contribution is 4.78. The first kappa shape index (κ1) is 14.9. The van der Waals surface area contributed by atoms with E-state index in [1.165, 1.54) is 19.4 Å². The second-order valence-electron chi connectivity index (χ2n) is 5.02. The Morgan fingerprint density at radius 2 is 2.18 bits per heavy atom. The molecule has 4 heteroatoms. The topological polar surface area (TPSA) is 47.7 Å². The number of rotatable bonds is 8. The Morgan fingerprint density at radius 3 is 2.88 bits per heavy atom. The fraction of sp³-hybridized carbons (Fsp3) is 1.00. The van der Waals surface area contributed by atoms with Crippen molar-refractivity contribution in [3.63, 3.8) is 0 Å². The van der Waals surface area contributed by atoms with Gasteiger partial charge in [-0.15, -0.1) is 0 Å². The van der Waals surface area contributed by atoms with Crippen LogP contribution in [0, 0.1) is 5.92 Å². The Kier molecular flexibility index (Phi) is 7.77. The lowest BCUT2D eigenvalue weighted by molar-refractivity contribution is 0.0691. The molecule has 0 bridgehead atoms. The minimum absolute atomic E-state index is 0.320. The van der Waals surface area contributed by atoms with Gasteiger partial charge in [0.05, 0.1) is 6.61 Å². The number of methoxy groups -OCH3 is 1. The molecule has 2 atom stereocenters. The van der Waals surface area contributed by atoms with Crippen LogP contribution < -0.4 is 5.73 Å². The molecule has 0 spiro atoms. The molecule has 2 N–H and O–H groups in total. The lowest BCUT2D eigenvalue weighted by Crippen LogP contribution is -2.43. The molecule has 1 rings (SSSR count). The standard InChI is InChI=1S/C13H28N2O2/c1-12(14)13-5-3-6-15(11-13)7-10-17-9-4-8-16-2/h12-13H,3-11,14H2,1-2H3. The van der Waals surface area contributed by atoms with Gasteiger partial charge in [-0.05, 0) is 38.6 Å². The van der Waals surface area contributed by atoms with E-state index in [1.54, 1.807) is 7.11 Å². The number of nitrogens with zero attached hydrogens (tertiary/aromatic N) is 1. The summed E-state index contributed by atoms with van der Waals surface area (Å²) in [4.78, 5) is 2.48. The first-order chi connectivity index (χ1) is 8.24. The van der Waals surface area contributed by atoms with Crippen molar-refractivity contribution in [2.45, 2.75) is 32.2 Å². The van der Waals surface area contributed by atoms with Gasteiger partial charge in [-0.3, -0.25) is 0 Å². The molecular formula is C13H28N2O2. The van der Waals surface area contributed by atoms with Gasteiger partial charge in [-0.2, -0.15) is 0 Å². The first-order valence-corrected chi connectivity index (χ1v) is 6.78. The first-order valence-electron chi connectivity index (χ1n) is 6.78. The maximum Gasteiger partial charge on any atom is 0.0593 e. The van der Waals surface area contributed by atoms with Crippen molar-refractivity contribution < 1.29 is 9.47 Å². The molecule has 17 heavy (non-hydrogen) atoms. The number of hydrogen-bond donors (Lipinski definition) is 1. The van der Waals surface area contributed by atoms with Crippen LogP contribution >= 0.6 is 0 Å². The largest absolute Gasteiger partial charge is 0.385 e. The van der Waals surface area contributed by atoms with E-state index >= 15 is 0 Å². The number of ether oxygens (including phenoxy) is 2. The SMILES string of the molecule is COCCCOCCN1CCCC(C(C)N)C1. The molecule has 102 valence electrons. The molecule has 0 saturated carbocycles. The maximum absolute atomic E-state index is 5.97. The zero-order chi connectivity index (χ0) is 12.5. The second kappa shape index (κ2) is 8.86. The van der Waals surface area contributed by atoms with Gasteiger partial charge in [-0.1, -0.05) is 0 Å². The van der Waals surface area contributed by atoms with Crippen LogP contribution in [0.5, 0.6) is 0 Å². The van der Waals surface area contributed by atoms with Gasteiger partial charge in [0.15, 0.2) is 0 Å². The van der Waals surface area contributed by atoms with Gasteiger partial charge in [0.2, 0.25) is 0 Å². The van der Waals surface area contributed by atoms with E-state index in [9.17, 15) is 0 Å².